The average Bonchev–Trinajstić information content (AvgIpc) is 3.06. The summed E-state index contributed by atoms with van der Waals surface area (Å²) in [5, 5.41) is 11.5. The second-order valence-electron chi connectivity index (χ2n) is 11.7. The molecule has 4 atom stereocenters. The Kier molecular flexibility index (Phi) is 8.83. The predicted octanol–water partition coefficient (Wildman–Crippen LogP) is 5.41. The zero-order valence-corrected chi connectivity index (χ0v) is 24.9. The van der Waals surface area contributed by atoms with E-state index in [4.69, 9.17) is 16.3 Å². The fourth-order valence-corrected chi connectivity index (χ4v) is 7.88. The highest BCUT2D eigenvalue weighted by molar-refractivity contribution is 7.90. The lowest BCUT2D eigenvalue weighted by atomic mass is 9.68. The van der Waals surface area contributed by atoms with Gasteiger partial charge in [-0.1, -0.05) is 29.8 Å². The van der Waals surface area contributed by atoms with Gasteiger partial charge >= 0.3 is 0 Å². The molecule has 0 saturated heterocycles. The van der Waals surface area contributed by atoms with Gasteiger partial charge in [-0.25, -0.2) is 13.1 Å². The molecule has 7 nitrogen and oxygen atoms in total. The summed E-state index contributed by atoms with van der Waals surface area (Å²) in [7, 11) is -3.79. The van der Waals surface area contributed by atoms with Crippen molar-refractivity contribution in [3.05, 3.63) is 83.4 Å². The van der Waals surface area contributed by atoms with Gasteiger partial charge in [0.2, 0.25) is 10.0 Å². The molecular weight excluding hydrogens is 560 g/mol. The topological polar surface area (TPSA) is 95.9 Å². The average molecular weight is 599 g/mol. The standard InChI is InChI=1S/C32H39ClN2O5S/c1-3-5-16-41(38,39)34-31(37)23-10-14-30-28(18-23)35(19-24-9-12-26(24)29(36)7-4-2)20-32(21-40-30)15-6-8-22-17-25(33)11-13-27(22)32/h3-4,10-11,13-14,17-18,24,26,29,36H,1-2,5-9,12,15-16,19-21H2,(H,34,37)/t24-,26-,29+,32?/m0/s1. The van der Waals surface area contributed by atoms with Crippen LogP contribution in [0, 0.1) is 11.8 Å². The maximum Gasteiger partial charge on any atom is 0.264 e. The first kappa shape index (κ1) is 29.7. The molecule has 1 amide bonds. The lowest BCUT2D eigenvalue weighted by molar-refractivity contribution is 0.0178. The number of nitrogens with one attached hydrogen (secondary N) is 1. The van der Waals surface area contributed by atoms with Crippen molar-refractivity contribution in [2.24, 2.45) is 11.8 Å². The number of carbonyl (C=O) groups excluding carboxylic acids is 1. The van der Waals surface area contributed by atoms with Crippen LogP contribution < -0.4 is 14.4 Å². The van der Waals surface area contributed by atoms with Gasteiger partial charge in [0.05, 0.1) is 24.2 Å². The molecule has 1 saturated carbocycles. The molecule has 220 valence electrons. The fraction of sp³-hybridized carbons (Fsp3) is 0.469. The quantitative estimate of drug-likeness (QED) is 0.355. The summed E-state index contributed by atoms with van der Waals surface area (Å²) in [4.78, 5) is 15.4. The van der Waals surface area contributed by atoms with Crippen molar-refractivity contribution >= 4 is 33.2 Å². The van der Waals surface area contributed by atoms with Gasteiger partial charge in [-0.05, 0) is 98.2 Å². The molecule has 2 aliphatic carbocycles. The van der Waals surface area contributed by atoms with Crippen LogP contribution in [0.1, 0.15) is 60.0 Å². The van der Waals surface area contributed by atoms with Crippen molar-refractivity contribution in [1.29, 1.82) is 0 Å². The lowest BCUT2D eigenvalue weighted by Crippen LogP contribution is -2.49. The minimum atomic E-state index is -3.79. The maximum absolute atomic E-state index is 13.1. The number of anilines is 1. The molecule has 0 radical (unpaired) electrons. The number of ether oxygens (including phenoxy) is 1. The fourth-order valence-electron chi connectivity index (χ4n) is 6.70. The molecule has 9 heteroatoms. The van der Waals surface area contributed by atoms with E-state index in [1.54, 1.807) is 24.3 Å². The molecular formula is C32H39ClN2O5S. The first-order valence-electron chi connectivity index (χ1n) is 14.4. The Bertz CT molecular complexity index is 1430. The third kappa shape index (κ3) is 6.35. The van der Waals surface area contributed by atoms with Crippen LogP contribution in [0.2, 0.25) is 5.02 Å². The summed E-state index contributed by atoms with van der Waals surface area (Å²) < 4.78 is 33.5. The second kappa shape index (κ2) is 12.2. The molecule has 3 aliphatic rings. The molecule has 1 spiro atoms. The first-order valence-corrected chi connectivity index (χ1v) is 16.4. The number of carbonyl (C=O) groups is 1. The molecule has 0 aromatic heterocycles. The Balaban J connectivity index is 1.49. The molecule has 41 heavy (non-hydrogen) atoms. The number of aryl methyl sites for hydroxylation is 1. The zero-order chi connectivity index (χ0) is 29.2. The predicted molar refractivity (Wildman–Crippen MR) is 163 cm³/mol. The Morgan fingerprint density at radius 3 is 2.78 bits per heavy atom. The third-order valence-corrected chi connectivity index (χ3v) is 10.5. The van der Waals surface area contributed by atoms with Crippen molar-refractivity contribution < 1.29 is 23.1 Å². The largest absolute Gasteiger partial charge is 0.490 e. The molecule has 2 aromatic carbocycles. The Labute approximate surface area is 248 Å². The second-order valence-corrected chi connectivity index (χ2v) is 14.0. The van der Waals surface area contributed by atoms with E-state index in [0.717, 1.165) is 42.8 Å². The van der Waals surface area contributed by atoms with Crippen molar-refractivity contribution in [1.82, 2.24) is 4.72 Å². The Morgan fingerprint density at radius 1 is 1.22 bits per heavy atom. The van der Waals surface area contributed by atoms with Gasteiger partial charge in [-0.2, -0.15) is 0 Å². The van der Waals surface area contributed by atoms with Crippen molar-refractivity contribution in [3.8, 4) is 5.75 Å². The van der Waals surface area contributed by atoms with Crippen molar-refractivity contribution in [2.45, 2.75) is 56.5 Å². The van der Waals surface area contributed by atoms with Gasteiger partial charge in [-0.3, -0.25) is 4.79 Å². The van der Waals surface area contributed by atoms with E-state index in [1.165, 1.54) is 17.2 Å². The molecule has 2 aromatic rings. The molecule has 1 heterocycles. The number of amides is 1. The zero-order valence-electron chi connectivity index (χ0n) is 23.4. The van der Waals surface area contributed by atoms with Crippen molar-refractivity contribution in [3.63, 3.8) is 0 Å². The Hall–Kier alpha value is -2.81. The summed E-state index contributed by atoms with van der Waals surface area (Å²) >= 11 is 6.37. The summed E-state index contributed by atoms with van der Waals surface area (Å²) in [6.07, 6.45) is 8.56. The number of hydrogen-bond donors (Lipinski definition) is 2. The summed E-state index contributed by atoms with van der Waals surface area (Å²) in [6, 6.07) is 11.3. The number of sulfonamides is 1. The van der Waals surface area contributed by atoms with Gasteiger partial charge in [0, 0.05) is 29.1 Å². The van der Waals surface area contributed by atoms with Gasteiger partial charge in [0.25, 0.3) is 5.91 Å². The van der Waals surface area contributed by atoms with Crippen molar-refractivity contribution in [2.75, 3.05) is 30.3 Å². The van der Waals surface area contributed by atoms with Gasteiger partial charge in [0.1, 0.15) is 5.75 Å². The number of allylic oxidation sites excluding steroid dienone is 1. The highest BCUT2D eigenvalue weighted by Gasteiger charge is 2.44. The van der Waals surface area contributed by atoms with Crippen LogP contribution in [-0.4, -0.2) is 51.0 Å². The molecule has 1 unspecified atom stereocenters. The summed E-state index contributed by atoms with van der Waals surface area (Å²) in [5.41, 5.74) is 3.23. The SMILES string of the molecule is C=CCCS(=O)(=O)NC(=O)c1ccc2c(c1)N(C[C@@H]1CC[C@@H]1[C@H](O)CC=C)CC1(CCCc3cc(Cl)ccc31)CO2. The van der Waals surface area contributed by atoms with Crippen LogP contribution in [0.15, 0.2) is 61.7 Å². The number of aliphatic hydroxyl groups excluding tert-OH is 1. The minimum Gasteiger partial charge on any atom is -0.490 e. The molecule has 5 rings (SSSR count). The number of fused-ring (bicyclic) bond motifs is 3. The lowest BCUT2D eigenvalue weighted by Gasteiger charge is -2.45. The maximum atomic E-state index is 13.1. The van der Waals surface area contributed by atoms with Gasteiger partial charge in [-0.15, -0.1) is 13.2 Å². The van der Waals surface area contributed by atoms with E-state index in [9.17, 15) is 18.3 Å². The van der Waals surface area contributed by atoms with E-state index in [1.807, 2.05) is 6.07 Å². The number of aliphatic hydroxyl groups is 1. The van der Waals surface area contributed by atoms with E-state index in [2.05, 4.69) is 34.9 Å². The normalized spacial score (nSPS) is 24.2. The highest BCUT2D eigenvalue weighted by Crippen LogP contribution is 2.46. The first-order chi connectivity index (χ1) is 19.6. The molecule has 1 fully saturated rings. The summed E-state index contributed by atoms with van der Waals surface area (Å²) in [5.74, 6) is 0.242. The van der Waals surface area contributed by atoms with Gasteiger partial charge in [0.15, 0.2) is 0 Å². The number of benzene rings is 2. The minimum absolute atomic E-state index is 0.176. The molecule has 1 aliphatic heterocycles. The van der Waals surface area contributed by atoms with Crippen LogP contribution in [-0.2, 0) is 21.9 Å². The smallest absolute Gasteiger partial charge is 0.264 e. The van der Waals surface area contributed by atoms with Crippen LogP contribution in [0.5, 0.6) is 5.75 Å². The molecule has 2 N–H and O–H groups in total. The third-order valence-electron chi connectivity index (χ3n) is 8.97. The van der Waals surface area contributed by atoms with Crippen LogP contribution in [0.3, 0.4) is 0 Å². The van der Waals surface area contributed by atoms with E-state index < -0.39 is 22.0 Å². The number of hydrogen-bond acceptors (Lipinski definition) is 6. The van der Waals surface area contributed by atoms with E-state index >= 15 is 0 Å². The van der Waals surface area contributed by atoms with Crippen LogP contribution in [0.4, 0.5) is 5.69 Å². The van der Waals surface area contributed by atoms with Gasteiger partial charge < -0.3 is 14.7 Å². The van der Waals surface area contributed by atoms with Crippen LogP contribution >= 0.6 is 11.6 Å². The molecule has 0 bridgehead atoms. The highest BCUT2D eigenvalue weighted by atomic mass is 35.5. The van der Waals surface area contributed by atoms with E-state index in [0.29, 0.717) is 31.9 Å². The number of rotatable bonds is 10. The monoisotopic (exact) mass is 598 g/mol. The van der Waals surface area contributed by atoms with Crippen LogP contribution in [0.25, 0.3) is 0 Å². The summed E-state index contributed by atoms with van der Waals surface area (Å²) in [6.45, 7) is 9.22. The van der Waals surface area contributed by atoms with E-state index in [-0.39, 0.29) is 35.0 Å². The number of nitrogens with zero attached hydrogens (tertiary/aromatic N) is 1. The Morgan fingerprint density at radius 2 is 2.05 bits per heavy atom. The number of halogens is 1.